The van der Waals surface area contributed by atoms with Gasteiger partial charge in [0.1, 0.15) is 11.3 Å². The molecule has 0 aromatic heterocycles. The lowest BCUT2D eigenvalue weighted by atomic mass is 10.1. The zero-order valence-electron chi connectivity index (χ0n) is 9.57. The van der Waals surface area contributed by atoms with Gasteiger partial charge in [-0.3, -0.25) is 14.9 Å². The number of carbonyl (C=O) groups excluding carboxylic acids is 1. The van der Waals surface area contributed by atoms with Gasteiger partial charge in [0.15, 0.2) is 0 Å². The zero-order valence-corrected chi connectivity index (χ0v) is 10.4. The molecular weight excluding hydrogens is 278 g/mol. The summed E-state index contributed by atoms with van der Waals surface area (Å²) in [5.74, 6) is -1.68. The molecule has 0 heterocycles. The molecule has 1 rings (SSSR count). The summed E-state index contributed by atoms with van der Waals surface area (Å²) in [5.41, 5.74) is -0.856. The van der Waals surface area contributed by atoms with Crippen molar-refractivity contribution in [1.82, 2.24) is 5.32 Å². The molecule has 9 nitrogen and oxygen atoms in total. The molecule has 0 aliphatic heterocycles. The molecule has 0 aliphatic rings. The van der Waals surface area contributed by atoms with Crippen molar-refractivity contribution in [1.29, 1.82) is 0 Å². The second-order valence-corrected chi connectivity index (χ2v) is 5.32. The lowest BCUT2D eigenvalue weighted by Gasteiger charge is -2.05. The summed E-state index contributed by atoms with van der Waals surface area (Å²) in [5, 5.41) is 26.8. The van der Waals surface area contributed by atoms with E-state index < -0.39 is 32.3 Å². The van der Waals surface area contributed by atoms with Crippen molar-refractivity contribution in [3.8, 4) is 5.75 Å². The van der Waals surface area contributed by atoms with Crippen molar-refractivity contribution in [2.45, 2.75) is 0 Å². The Kier molecular flexibility index (Phi) is 4.40. The van der Waals surface area contributed by atoms with Gasteiger partial charge in [0.2, 0.25) is 10.0 Å². The summed E-state index contributed by atoms with van der Waals surface area (Å²) in [4.78, 5) is 21.6. The number of rotatable bonds is 5. The third-order valence-corrected chi connectivity index (χ3v) is 2.87. The molecule has 0 spiro atoms. The first-order valence-corrected chi connectivity index (χ1v) is 6.68. The Morgan fingerprint density at radius 2 is 2.11 bits per heavy atom. The van der Waals surface area contributed by atoms with E-state index in [2.05, 4.69) is 5.32 Å². The Morgan fingerprint density at radius 3 is 2.63 bits per heavy atom. The number of nitro benzene ring substituents is 1. The van der Waals surface area contributed by atoms with Crippen molar-refractivity contribution in [2.24, 2.45) is 5.14 Å². The molecule has 19 heavy (non-hydrogen) atoms. The molecule has 0 fully saturated rings. The van der Waals surface area contributed by atoms with Crippen molar-refractivity contribution >= 4 is 21.6 Å². The van der Waals surface area contributed by atoms with Gasteiger partial charge in [-0.15, -0.1) is 0 Å². The maximum atomic E-state index is 11.6. The number of primary sulfonamides is 1. The van der Waals surface area contributed by atoms with Crippen LogP contribution in [0, 0.1) is 10.1 Å². The van der Waals surface area contributed by atoms with Crippen LogP contribution in [-0.4, -0.2) is 36.7 Å². The van der Waals surface area contributed by atoms with Gasteiger partial charge in [0.05, 0.1) is 10.7 Å². The molecule has 1 aromatic carbocycles. The third-order valence-electron chi connectivity index (χ3n) is 2.09. The van der Waals surface area contributed by atoms with E-state index in [0.29, 0.717) is 0 Å². The molecule has 0 saturated carbocycles. The number of hydrogen-bond donors (Lipinski definition) is 3. The minimum atomic E-state index is -3.73. The minimum Gasteiger partial charge on any atom is -0.508 e. The first-order valence-electron chi connectivity index (χ1n) is 4.97. The second kappa shape index (κ2) is 5.63. The number of hydrogen-bond acceptors (Lipinski definition) is 6. The topological polar surface area (TPSA) is 153 Å². The second-order valence-electron chi connectivity index (χ2n) is 3.58. The molecule has 0 radical (unpaired) electrons. The Labute approximate surface area is 108 Å². The van der Waals surface area contributed by atoms with Crippen LogP contribution in [0.3, 0.4) is 0 Å². The monoisotopic (exact) mass is 289 g/mol. The zero-order chi connectivity index (χ0) is 14.6. The number of nitrogens with two attached hydrogens (primary N) is 1. The average molecular weight is 289 g/mol. The molecule has 0 bridgehead atoms. The van der Waals surface area contributed by atoms with E-state index in [1.165, 1.54) is 0 Å². The first-order chi connectivity index (χ1) is 8.70. The van der Waals surface area contributed by atoms with Gasteiger partial charge in [-0.25, -0.2) is 13.6 Å². The molecule has 1 aromatic rings. The lowest BCUT2D eigenvalue weighted by molar-refractivity contribution is -0.385. The van der Waals surface area contributed by atoms with E-state index in [0.717, 1.165) is 18.2 Å². The number of carbonyl (C=O) groups is 1. The van der Waals surface area contributed by atoms with Crippen molar-refractivity contribution in [3.63, 3.8) is 0 Å². The van der Waals surface area contributed by atoms with Gasteiger partial charge in [-0.2, -0.15) is 0 Å². The normalized spacial score (nSPS) is 11.0. The van der Waals surface area contributed by atoms with Crippen molar-refractivity contribution < 1.29 is 23.2 Å². The molecular formula is C9H11N3O6S. The molecule has 104 valence electrons. The van der Waals surface area contributed by atoms with Crippen LogP contribution in [0.25, 0.3) is 0 Å². The molecule has 0 saturated heterocycles. The summed E-state index contributed by atoms with van der Waals surface area (Å²) in [6, 6.07) is 2.97. The van der Waals surface area contributed by atoms with E-state index >= 15 is 0 Å². The molecule has 1 amide bonds. The van der Waals surface area contributed by atoms with E-state index in [1.54, 1.807) is 0 Å². The van der Waals surface area contributed by atoms with E-state index in [9.17, 15) is 28.4 Å². The van der Waals surface area contributed by atoms with E-state index in [-0.39, 0.29) is 17.9 Å². The number of nitrogens with zero attached hydrogens (tertiary/aromatic N) is 1. The lowest BCUT2D eigenvalue weighted by Crippen LogP contribution is -2.31. The Bertz CT molecular complexity index is 612. The highest BCUT2D eigenvalue weighted by Crippen LogP contribution is 2.22. The summed E-state index contributed by atoms with van der Waals surface area (Å²) >= 11 is 0. The minimum absolute atomic E-state index is 0.287. The molecule has 0 atom stereocenters. The first kappa shape index (κ1) is 14.9. The van der Waals surface area contributed by atoms with Crippen LogP contribution in [-0.2, 0) is 10.0 Å². The van der Waals surface area contributed by atoms with Gasteiger partial charge >= 0.3 is 0 Å². The van der Waals surface area contributed by atoms with Crippen LogP contribution in [0.15, 0.2) is 18.2 Å². The van der Waals surface area contributed by atoms with Gasteiger partial charge in [-0.1, -0.05) is 0 Å². The summed E-state index contributed by atoms with van der Waals surface area (Å²) in [6.45, 7) is -0.287. The van der Waals surface area contributed by atoms with Crippen molar-refractivity contribution in [3.05, 3.63) is 33.9 Å². The maximum absolute atomic E-state index is 11.6. The molecule has 4 N–H and O–H groups in total. The fraction of sp³-hybridized carbons (Fsp3) is 0.222. The number of benzene rings is 1. The van der Waals surface area contributed by atoms with E-state index in [1.807, 2.05) is 0 Å². The smallest absolute Gasteiger partial charge is 0.282 e. The number of aromatic hydroxyl groups is 1. The quantitative estimate of drug-likeness (QED) is 0.482. The standard InChI is InChI=1S/C9H11N3O6S/c10-19(17,18)4-3-11-9(14)7-5-6(13)1-2-8(7)12(15)16/h1-2,5,13H,3-4H2,(H,11,14)(H2,10,17,18). The maximum Gasteiger partial charge on any atom is 0.282 e. The predicted octanol–water partition coefficient (Wildman–Crippen LogP) is -0.681. The molecule has 0 unspecified atom stereocenters. The molecule has 0 aliphatic carbocycles. The highest BCUT2D eigenvalue weighted by atomic mass is 32.2. The van der Waals surface area contributed by atoms with Crippen LogP contribution in [0.5, 0.6) is 5.75 Å². The molecule has 10 heteroatoms. The van der Waals surface area contributed by atoms with Gasteiger partial charge in [0, 0.05) is 12.6 Å². The fourth-order valence-corrected chi connectivity index (χ4v) is 1.65. The average Bonchev–Trinajstić information content (AvgIpc) is 2.26. The van der Waals surface area contributed by atoms with Crippen LogP contribution in [0.1, 0.15) is 10.4 Å². The Balaban J connectivity index is 2.87. The van der Waals surface area contributed by atoms with Crippen LogP contribution >= 0.6 is 0 Å². The number of nitrogens with one attached hydrogen (secondary N) is 1. The summed E-state index contributed by atoms with van der Waals surface area (Å²) in [6.07, 6.45) is 0. The summed E-state index contributed by atoms with van der Waals surface area (Å²) in [7, 11) is -3.73. The highest BCUT2D eigenvalue weighted by molar-refractivity contribution is 7.89. The predicted molar refractivity (Wildman–Crippen MR) is 65.1 cm³/mol. The fourth-order valence-electron chi connectivity index (χ4n) is 1.27. The number of phenols is 1. The number of phenolic OH excluding ortho intramolecular Hbond substituents is 1. The highest BCUT2D eigenvalue weighted by Gasteiger charge is 2.20. The summed E-state index contributed by atoms with van der Waals surface area (Å²) < 4.78 is 21.3. The SMILES string of the molecule is NS(=O)(=O)CCNC(=O)c1cc(O)ccc1[N+](=O)[O-]. The van der Waals surface area contributed by atoms with Crippen LogP contribution < -0.4 is 10.5 Å². The third kappa shape index (κ3) is 4.52. The van der Waals surface area contributed by atoms with Crippen LogP contribution in [0.2, 0.25) is 0 Å². The van der Waals surface area contributed by atoms with Gasteiger partial charge in [0.25, 0.3) is 11.6 Å². The Hall–Kier alpha value is -2.20. The van der Waals surface area contributed by atoms with Gasteiger partial charge < -0.3 is 10.4 Å². The number of sulfonamides is 1. The largest absolute Gasteiger partial charge is 0.508 e. The van der Waals surface area contributed by atoms with Crippen LogP contribution in [0.4, 0.5) is 5.69 Å². The van der Waals surface area contributed by atoms with Gasteiger partial charge in [-0.05, 0) is 12.1 Å². The number of amides is 1. The van der Waals surface area contributed by atoms with E-state index in [4.69, 9.17) is 5.14 Å². The Morgan fingerprint density at radius 1 is 1.47 bits per heavy atom. The number of nitro groups is 1. The van der Waals surface area contributed by atoms with Crippen molar-refractivity contribution in [2.75, 3.05) is 12.3 Å².